The van der Waals surface area contributed by atoms with Crippen molar-refractivity contribution in [3.63, 3.8) is 0 Å². The molecule has 6 heteroatoms. The van der Waals surface area contributed by atoms with Gasteiger partial charge in [-0.1, -0.05) is 12.1 Å². The Morgan fingerprint density at radius 2 is 1.67 bits per heavy atom. The highest BCUT2D eigenvalue weighted by atomic mass is 16.5. The summed E-state index contributed by atoms with van der Waals surface area (Å²) in [6.07, 6.45) is 3.19. The number of fused-ring (bicyclic) bond motifs is 1. The molecule has 0 radical (unpaired) electrons. The van der Waals surface area contributed by atoms with Gasteiger partial charge in [0, 0.05) is 37.1 Å². The Kier molecular flexibility index (Phi) is 5.86. The average molecular weight is 408 g/mol. The molecule has 0 spiro atoms. The van der Waals surface area contributed by atoms with Crippen LogP contribution in [0.3, 0.4) is 0 Å². The maximum absolute atomic E-state index is 9.66. The van der Waals surface area contributed by atoms with E-state index in [1.807, 2.05) is 18.2 Å². The average Bonchev–Trinajstić information content (AvgIpc) is 3.16. The van der Waals surface area contributed by atoms with Gasteiger partial charge in [0.2, 0.25) is 5.75 Å². The third-order valence-corrected chi connectivity index (χ3v) is 5.71. The number of rotatable bonds is 6. The number of hydrogen-bond acceptors (Lipinski definition) is 5. The van der Waals surface area contributed by atoms with E-state index in [1.165, 1.54) is 5.69 Å². The molecule has 2 heterocycles. The first kappa shape index (κ1) is 20.2. The number of nitrogens with zero attached hydrogens (tertiary/aromatic N) is 2. The van der Waals surface area contributed by atoms with Crippen molar-refractivity contribution in [1.29, 1.82) is 0 Å². The first-order chi connectivity index (χ1) is 14.7. The van der Waals surface area contributed by atoms with Crippen LogP contribution in [0.5, 0.6) is 23.0 Å². The highest BCUT2D eigenvalue weighted by Crippen LogP contribution is 2.46. The lowest BCUT2D eigenvalue weighted by Gasteiger charge is -2.32. The normalized spacial score (nSPS) is 16.6. The highest BCUT2D eigenvalue weighted by Gasteiger charge is 2.31. The van der Waals surface area contributed by atoms with Crippen LogP contribution in [0.4, 0.5) is 0 Å². The molecule has 1 N–H and O–H groups in total. The Balaban J connectivity index is 1.83. The Labute approximate surface area is 177 Å². The number of aromatic hydroxyl groups is 1. The monoisotopic (exact) mass is 408 g/mol. The summed E-state index contributed by atoms with van der Waals surface area (Å²) >= 11 is 0. The molecule has 158 valence electrons. The number of aryl methyl sites for hydroxylation is 1. The molecule has 1 unspecified atom stereocenters. The fourth-order valence-electron chi connectivity index (χ4n) is 4.34. The summed E-state index contributed by atoms with van der Waals surface area (Å²) in [6, 6.07) is 15.7. The number of methoxy groups -OCH3 is 3. The van der Waals surface area contributed by atoms with Crippen LogP contribution < -0.4 is 14.2 Å². The molecule has 4 rings (SSSR count). The molecule has 30 heavy (non-hydrogen) atoms. The number of hydrogen-bond donors (Lipinski definition) is 1. The van der Waals surface area contributed by atoms with Crippen LogP contribution in [0.25, 0.3) is 0 Å². The molecule has 0 bridgehead atoms. The lowest BCUT2D eigenvalue weighted by Crippen LogP contribution is -2.30. The van der Waals surface area contributed by atoms with Gasteiger partial charge in [-0.3, -0.25) is 4.90 Å². The zero-order valence-electron chi connectivity index (χ0n) is 17.7. The molecule has 2 aromatic carbocycles. The van der Waals surface area contributed by atoms with Crippen molar-refractivity contribution in [3.05, 3.63) is 71.5 Å². The molecule has 1 aliphatic rings. The molecular formula is C24H28N2O4. The first-order valence-corrected chi connectivity index (χ1v) is 10.1. The SMILES string of the molecule is COc1ccc(C2c3cccn3CCCN2Cc2ccc(O)cc2)c(OC)c1OC. The largest absolute Gasteiger partial charge is 0.508 e. The maximum Gasteiger partial charge on any atom is 0.203 e. The topological polar surface area (TPSA) is 56.1 Å². The fourth-order valence-corrected chi connectivity index (χ4v) is 4.34. The molecule has 6 nitrogen and oxygen atoms in total. The van der Waals surface area contributed by atoms with Gasteiger partial charge in [-0.2, -0.15) is 0 Å². The van der Waals surface area contributed by atoms with Crippen molar-refractivity contribution in [2.75, 3.05) is 27.9 Å². The quantitative estimate of drug-likeness (QED) is 0.662. The Morgan fingerprint density at radius 3 is 2.37 bits per heavy atom. The molecule has 1 aromatic heterocycles. The third kappa shape index (κ3) is 3.71. The van der Waals surface area contributed by atoms with Gasteiger partial charge in [0.25, 0.3) is 0 Å². The second-order valence-corrected chi connectivity index (χ2v) is 7.44. The summed E-state index contributed by atoms with van der Waals surface area (Å²) in [5.41, 5.74) is 3.41. The number of phenols is 1. The van der Waals surface area contributed by atoms with E-state index >= 15 is 0 Å². The van der Waals surface area contributed by atoms with Gasteiger partial charge in [0.15, 0.2) is 11.5 Å². The van der Waals surface area contributed by atoms with Crippen molar-refractivity contribution in [3.8, 4) is 23.0 Å². The zero-order chi connectivity index (χ0) is 21.1. The van der Waals surface area contributed by atoms with E-state index in [4.69, 9.17) is 14.2 Å². The summed E-state index contributed by atoms with van der Waals surface area (Å²) in [7, 11) is 4.93. The Hall–Kier alpha value is -3.12. The van der Waals surface area contributed by atoms with Crippen LogP contribution in [0.15, 0.2) is 54.7 Å². The van der Waals surface area contributed by atoms with Crippen molar-refractivity contribution in [2.45, 2.75) is 25.6 Å². The lowest BCUT2D eigenvalue weighted by atomic mass is 9.99. The summed E-state index contributed by atoms with van der Waals surface area (Å²) in [6.45, 7) is 2.67. The summed E-state index contributed by atoms with van der Waals surface area (Å²) in [5, 5.41) is 9.66. The summed E-state index contributed by atoms with van der Waals surface area (Å²) < 4.78 is 19.3. The van der Waals surface area contributed by atoms with Crippen LogP contribution in [-0.4, -0.2) is 42.4 Å². The second-order valence-electron chi connectivity index (χ2n) is 7.44. The van der Waals surface area contributed by atoms with Crippen LogP contribution >= 0.6 is 0 Å². The van der Waals surface area contributed by atoms with E-state index in [0.717, 1.165) is 37.2 Å². The van der Waals surface area contributed by atoms with Crippen molar-refractivity contribution >= 4 is 0 Å². The van der Waals surface area contributed by atoms with Crippen LogP contribution in [-0.2, 0) is 13.1 Å². The van der Waals surface area contributed by atoms with Gasteiger partial charge >= 0.3 is 0 Å². The maximum atomic E-state index is 9.66. The molecule has 0 aliphatic carbocycles. The minimum Gasteiger partial charge on any atom is -0.508 e. The van der Waals surface area contributed by atoms with Crippen LogP contribution in [0.1, 0.15) is 29.3 Å². The Bertz CT molecular complexity index is 997. The molecule has 1 atom stereocenters. The van der Waals surface area contributed by atoms with Gasteiger partial charge in [-0.25, -0.2) is 0 Å². The zero-order valence-corrected chi connectivity index (χ0v) is 17.7. The number of aromatic nitrogens is 1. The van der Waals surface area contributed by atoms with Crippen molar-refractivity contribution < 1.29 is 19.3 Å². The minimum absolute atomic E-state index is 0.00828. The van der Waals surface area contributed by atoms with Gasteiger partial charge in [-0.15, -0.1) is 0 Å². The van der Waals surface area contributed by atoms with E-state index in [-0.39, 0.29) is 11.8 Å². The molecule has 0 fully saturated rings. The van der Waals surface area contributed by atoms with E-state index in [1.54, 1.807) is 33.5 Å². The van der Waals surface area contributed by atoms with Crippen molar-refractivity contribution in [2.24, 2.45) is 0 Å². The first-order valence-electron chi connectivity index (χ1n) is 10.1. The van der Waals surface area contributed by atoms with E-state index in [0.29, 0.717) is 17.2 Å². The van der Waals surface area contributed by atoms with Gasteiger partial charge < -0.3 is 23.9 Å². The number of benzene rings is 2. The van der Waals surface area contributed by atoms with Gasteiger partial charge in [0.1, 0.15) is 5.75 Å². The molecule has 0 saturated carbocycles. The second kappa shape index (κ2) is 8.71. The van der Waals surface area contributed by atoms with Crippen LogP contribution in [0, 0.1) is 0 Å². The predicted molar refractivity (Wildman–Crippen MR) is 116 cm³/mol. The smallest absolute Gasteiger partial charge is 0.203 e. The molecule has 0 saturated heterocycles. The molecule has 0 amide bonds. The van der Waals surface area contributed by atoms with Gasteiger partial charge in [0.05, 0.1) is 27.4 Å². The van der Waals surface area contributed by atoms with E-state index < -0.39 is 0 Å². The molecular weight excluding hydrogens is 380 g/mol. The van der Waals surface area contributed by atoms with E-state index in [2.05, 4.69) is 33.9 Å². The molecule has 3 aromatic rings. The lowest BCUT2D eigenvalue weighted by molar-refractivity contribution is 0.214. The summed E-state index contributed by atoms with van der Waals surface area (Å²) in [5.74, 6) is 2.21. The van der Waals surface area contributed by atoms with Gasteiger partial charge in [-0.05, 0) is 48.4 Å². The third-order valence-electron chi connectivity index (χ3n) is 5.71. The number of phenolic OH excluding ortho intramolecular Hbond substituents is 1. The summed E-state index contributed by atoms with van der Waals surface area (Å²) in [4.78, 5) is 2.45. The number of ether oxygens (including phenoxy) is 3. The Morgan fingerprint density at radius 1 is 0.900 bits per heavy atom. The molecule has 1 aliphatic heterocycles. The highest BCUT2D eigenvalue weighted by molar-refractivity contribution is 5.58. The van der Waals surface area contributed by atoms with E-state index in [9.17, 15) is 5.11 Å². The minimum atomic E-state index is -0.00828. The fraction of sp³-hybridized carbons (Fsp3) is 0.333. The predicted octanol–water partition coefficient (Wildman–Crippen LogP) is 4.21. The standard InChI is InChI=1S/C24H28N2O4/c1-28-21-12-11-19(23(29-2)24(21)30-3)22-20-6-4-13-25(20)14-5-15-26(22)16-17-7-9-18(27)10-8-17/h4,6-13,22,27H,5,14-16H2,1-3H3. The van der Waals surface area contributed by atoms with Crippen LogP contribution in [0.2, 0.25) is 0 Å². The van der Waals surface area contributed by atoms with Crippen molar-refractivity contribution in [1.82, 2.24) is 9.47 Å².